The third-order valence-corrected chi connectivity index (χ3v) is 2.39. The zero-order valence-electron chi connectivity index (χ0n) is 10.4. The lowest BCUT2D eigenvalue weighted by atomic mass is 10.2. The van der Waals surface area contributed by atoms with Gasteiger partial charge >= 0.3 is 0 Å². The van der Waals surface area contributed by atoms with Crippen LogP contribution in [0.3, 0.4) is 0 Å². The Morgan fingerprint density at radius 1 is 1.41 bits per heavy atom. The van der Waals surface area contributed by atoms with Crippen LogP contribution in [-0.4, -0.2) is 25.1 Å². The number of carbonyl (C=O) groups is 1. The number of amides is 1. The molecule has 17 heavy (non-hydrogen) atoms. The van der Waals surface area contributed by atoms with Crippen molar-refractivity contribution in [3.63, 3.8) is 0 Å². The van der Waals surface area contributed by atoms with Gasteiger partial charge in [-0.3, -0.25) is 4.79 Å². The molecule has 1 amide bonds. The van der Waals surface area contributed by atoms with Crippen molar-refractivity contribution in [2.75, 3.05) is 13.2 Å². The van der Waals surface area contributed by atoms with E-state index in [1.165, 1.54) is 5.56 Å². The van der Waals surface area contributed by atoms with Crippen LogP contribution in [0.15, 0.2) is 24.3 Å². The van der Waals surface area contributed by atoms with Gasteiger partial charge in [0.2, 0.25) is 5.91 Å². The standard InChI is InChI=1S/C13H20N2O2/c1-10-3-5-12(6-4-10)17-9-11(2)15-8-7-13(14)16/h3-6,11,15H,7-9H2,1-2H3,(H2,14,16). The highest BCUT2D eigenvalue weighted by atomic mass is 16.5. The maximum absolute atomic E-state index is 10.5. The van der Waals surface area contributed by atoms with Gasteiger partial charge in [0.15, 0.2) is 0 Å². The highest BCUT2D eigenvalue weighted by Gasteiger charge is 2.03. The Kier molecular flexibility index (Phi) is 5.49. The van der Waals surface area contributed by atoms with Crippen LogP contribution in [0.25, 0.3) is 0 Å². The third kappa shape index (κ3) is 5.92. The Labute approximate surface area is 102 Å². The van der Waals surface area contributed by atoms with Gasteiger partial charge in [0.05, 0.1) is 0 Å². The monoisotopic (exact) mass is 236 g/mol. The smallest absolute Gasteiger partial charge is 0.218 e. The fraction of sp³-hybridized carbons (Fsp3) is 0.462. The molecule has 0 spiro atoms. The molecule has 0 radical (unpaired) electrons. The summed E-state index contributed by atoms with van der Waals surface area (Å²) in [6.45, 7) is 5.21. The number of primary amides is 1. The summed E-state index contributed by atoms with van der Waals surface area (Å²) < 4.78 is 5.60. The van der Waals surface area contributed by atoms with E-state index in [1.807, 2.05) is 38.1 Å². The van der Waals surface area contributed by atoms with Crippen molar-refractivity contribution in [1.29, 1.82) is 0 Å². The molecule has 1 unspecified atom stereocenters. The van der Waals surface area contributed by atoms with E-state index in [2.05, 4.69) is 5.32 Å². The number of hydrogen-bond acceptors (Lipinski definition) is 3. The lowest BCUT2D eigenvalue weighted by molar-refractivity contribution is -0.117. The average molecular weight is 236 g/mol. The fourth-order valence-corrected chi connectivity index (χ4v) is 1.36. The quantitative estimate of drug-likeness (QED) is 0.748. The van der Waals surface area contributed by atoms with E-state index >= 15 is 0 Å². The summed E-state index contributed by atoms with van der Waals surface area (Å²) in [6.07, 6.45) is 0.356. The van der Waals surface area contributed by atoms with Crippen molar-refractivity contribution in [3.8, 4) is 5.75 Å². The number of benzene rings is 1. The zero-order valence-corrected chi connectivity index (χ0v) is 10.4. The van der Waals surface area contributed by atoms with Crippen LogP contribution in [0.1, 0.15) is 18.9 Å². The van der Waals surface area contributed by atoms with Gasteiger partial charge in [-0.15, -0.1) is 0 Å². The summed E-state index contributed by atoms with van der Waals surface area (Å²) in [5.74, 6) is 0.573. The second-order valence-corrected chi connectivity index (χ2v) is 4.20. The van der Waals surface area contributed by atoms with Gasteiger partial charge in [-0.1, -0.05) is 17.7 Å². The summed E-state index contributed by atoms with van der Waals surface area (Å²) in [5, 5.41) is 3.17. The van der Waals surface area contributed by atoms with E-state index in [-0.39, 0.29) is 11.9 Å². The van der Waals surface area contributed by atoms with Gasteiger partial charge in [-0.05, 0) is 26.0 Å². The van der Waals surface area contributed by atoms with Crippen molar-refractivity contribution in [3.05, 3.63) is 29.8 Å². The van der Waals surface area contributed by atoms with Crippen LogP contribution in [0.2, 0.25) is 0 Å². The first kappa shape index (κ1) is 13.5. The largest absolute Gasteiger partial charge is 0.492 e. The van der Waals surface area contributed by atoms with E-state index in [0.29, 0.717) is 19.6 Å². The fourth-order valence-electron chi connectivity index (χ4n) is 1.36. The Bertz CT molecular complexity index is 349. The van der Waals surface area contributed by atoms with Crippen molar-refractivity contribution in [1.82, 2.24) is 5.32 Å². The van der Waals surface area contributed by atoms with Crippen molar-refractivity contribution >= 4 is 5.91 Å². The highest BCUT2D eigenvalue weighted by molar-refractivity contribution is 5.73. The van der Waals surface area contributed by atoms with E-state index in [9.17, 15) is 4.79 Å². The molecule has 0 saturated heterocycles. The number of hydrogen-bond donors (Lipinski definition) is 2. The van der Waals surface area contributed by atoms with Gasteiger partial charge < -0.3 is 15.8 Å². The van der Waals surface area contributed by atoms with Crippen LogP contribution >= 0.6 is 0 Å². The van der Waals surface area contributed by atoms with Crippen molar-refractivity contribution in [2.45, 2.75) is 26.3 Å². The summed E-state index contributed by atoms with van der Waals surface area (Å²) in [5.41, 5.74) is 6.26. The van der Waals surface area contributed by atoms with E-state index < -0.39 is 0 Å². The summed E-state index contributed by atoms with van der Waals surface area (Å²) in [7, 11) is 0. The van der Waals surface area contributed by atoms with Crippen LogP contribution in [0.4, 0.5) is 0 Å². The summed E-state index contributed by atoms with van der Waals surface area (Å²) >= 11 is 0. The maximum atomic E-state index is 10.5. The first-order chi connectivity index (χ1) is 8.08. The topological polar surface area (TPSA) is 64.3 Å². The molecule has 4 nitrogen and oxygen atoms in total. The molecule has 1 aromatic rings. The van der Waals surface area contributed by atoms with Gasteiger partial charge in [0.25, 0.3) is 0 Å². The summed E-state index contributed by atoms with van der Waals surface area (Å²) in [4.78, 5) is 10.5. The Balaban J connectivity index is 2.21. The Morgan fingerprint density at radius 2 is 2.06 bits per heavy atom. The van der Waals surface area contributed by atoms with Crippen molar-refractivity contribution in [2.24, 2.45) is 5.73 Å². The lowest BCUT2D eigenvalue weighted by Crippen LogP contribution is -2.34. The van der Waals surface area contributed by atoms with Crippen LogP contribution in [0, 0.1) is 6.92 Å². The molecule has 1 aromatic carbocycles. The molecule has 3 N–H and O–H groups in total. The number of nitrogens with two attached hydrogens (primary N) is 1. The van der Waals surface area contributed by atoms with Crippen LogP contribution < -0.4 is 15.8 Å². The molecule has 1 atom stereocenters. The van der Waals surface area contributed by atoms with Gasteiger partial charge in [0.1, 0.15) is 12.4 Å². The summed E-state index contributed by atoms with van der Waals surface area (Å²) in [6, 6.07) is 8.12. The van der Waals surface area contributed by atoms with Crippen molar-refractivity contribution < 1.29 is 9.53 Å². The molecule has 0 aliphatic carbocycles. The number of carbonyl (C=O) groups excluding carboxylic acids is 1. The molecule has 4 heteroatoms. The maximum Gasteiger partial charge on any atom is 0.218 e. The molecular formula is C13H20N2O2. The molecule has 0 heterocycles. The van der Waals surface area contributed by atoms with E-state index in [1.54, 1.807) is 0 Å². The number of nitrogens with one attached hydrogen (secondary N) is 1. The SMILES string of the molecule is Cc1ccc(OCC(C)NCCC(N)=O)cc1. The zero-order chi connectivity index (χ0) is 12.7. The molecule has 0 aromatic heterocycles. The minimum Gasteiger partial charge on any atom is -0.492 e. The third-order valence-electron chi connectivity index (χ3n) is 2.39. The first-order valence-corrected chi connectivity index (χ1v) is 5.79. The Hall–Kier alpha value is -1.55. The normalized spacial score (nSPS) is 12.1. The molecule has 0 bridgehead atoms. The molecule has 0 aliphatic heterocycles. The minimum atomic E-state index is -0.288. The predicted octanol–water partition coefficient (Wildman–Crippen LogP) is 1.23. The minimum absolute atomic E-state index is 0.190. The molecular weight excluding hydrogens is 216 g/mol. The molecule has 94 valence electrons. The second kappa shape index (κ2) is 6.91. The number of rotatable bonds is 7. The highest BCUT2D eigenvalue weighted by Crippen LogP contribution is 2.11. The number of aryl methyl sites for hydroxylation is 1. The predicted molar refractivity (Wildman–Crippen MR) is 68.0 cm³/mol. The first-order valence-electron chi connectivity index (χ1n) is 5.79. The van der Waals surface area contributed by atoms with E-state index in [0.717, 1.165) is 5.75 Å². The van der Waals surface area contributed by atoms with E-state index in [4.69, 9.17) is 10.5 Å². The average Bonchev–Trinajstić information content (AvgIpc) is 2.28. The Morgan fingerprint density at radius 3 is 2.65 bits per heavy atom. The molecule has 1 rings (SSSR count). The molecule has 0 fully saturated rings. The number of ether oxygens (including phenoxy) is 1. The lowest BCUT2D eigenvalue weighted by Gasteiger charge is -2.14. The molecule has 0 saturated carbocycles. The van der Waals surface area contributed by atoms with Gasteiger partial charge in [-0.25, -0.2) is 0 Å². The van der Waals surface area contributed by atoms with Crippen LogP contribution in [0.5, 0.6) is 5.75 Å². The molecule has 0 aliphatic rings. The van der Waals surface area contributed by atoms with Gasteiger partial charge in [-0.2, -0.15) is 0 Å². The van der Waals surface area contributed by atoms with Gasteiger partial charge in [0, 0.05) is 19.0 Å². The van der Waals surface area contributed by atoms with Crippen LogP contribution in [-0.2, 0) is 4.79 Å². The second-order valence-electron chi connectivity index (χ2n) is 4.20.